The Balaban J connectivity index is 2.80. The van der Waals surface area contributed by atoms with Crippen molar-refractivity contribution in [2.24, 2.45) is 16.2 Å². The summed E-state index contributed by atoms with van der Waals surface area (Å²) in [5, 5.41) is 2.49. The van der Waals surface area contributed by atoms with E-state index >= 15 is 0 Å². The molecule has 0 unspecified atom stereocenters. The van der Waals surface area contributed by atoms with Gasteiger partial charge in [0.1, 0.15) is 0 Å². The van der Waals surface area contributed by atoms with Crippen LogP contribution in [0.3, 0.4) is 0 Å². The van der Waals surface area contributed by atoms with E-state index in [9.17, 15) is 0 Å². The van der Waals surface area contributed by atoms with Crippen LogP contribution >= 0.6 is 11.1 Å². The molecule has 0 N–H and O–H groups in total. The quantitative estimate of drug-likeness (QED) is 0.379. The normalized spacial score (nSPS) is 14.3. The number of hydrogen-bond acceptors (Lipinski definition) is 0. The maximum Gasteiger partial charge on any atom is 0.223 e. The molecule has 0 atom stereocenters. The molecule has 0 heterocycles. The van der Waals surface area contributed by atoms with Crippen LogP contribution in [-0.2, 0) is 0 Å². The zero-order valence-electron chi connectivity index (χ0n) is 18.7. The SMILES string of the molecule is CC(C)(C)C(C)(C)C(C)(C)C(C)(C)[Si](Cl)(c1ccccc1)c1ccccc1. The summed E-state index contributed by atoms with van der Waals surface area (Å²) in [4.78, 5) is 0. The minimum absolute atomic E-state index is 0.00208. The number of halogens is 1. The van der Waals surface area contributed by atoms with Crippen molar-refractivity contribution in [2.75, 3.05) is 0 Å². The fourth-order valence-corrected chi connectivity index (χ4v) is 10.1. The fourth-order valence-electron chi connectivity index (χ4n) is 4.37. The van der Waals surface area contributed by atoms with Crippen molar-refractivity contribution in [2.45, 2.75) is 67.4 Å². The molecule has 148 valence electrons. The van der Waals surface area contributed by atoms with E-state index in [0.29, 0.717) is 0 Å². The van der Waals surface area contributed by atoms with Crippen LogP contribution in [-0.4, -0.2) is 7.38 Å². The highest BCUT2D eigenvalue weighted by molar-refractivity contribution is 7.35. The molecule has 0 fully saturated rings. The van der Waals surface area contributed by atoms with Crippen LogP contribution in [0.15, 0.2) is 60.7 Å². The van der Waals surface area contributed by atoms with E-state index in [2.05, 4.69) is 123 Å². The molecule has 0 radical (unpaired) electrons. The molecule has 0 aliphatic carbocycles. The van der Waals surface area contributed by atoms with E-state index in [-0.39, 0.29) is 21.3 Å². The molecule has 0 amide bonds. The Morgan fingerprint density at radius 1 is 0.556 bits per heavy atom. The first-order valence-electron chi connectivity index (χ1n) is 10.0. The molecule has 0 aromatic heterocycles. The standard InChI is InChI=1S/C25H37ClSi/c1-22(2,3)23(4,5)24(6,7)25(8,9)27(26,20-16-12-10-13-17-20)21-18-14-11-15-19-21/h10-19H,1-9H3. The van der Waals surface area contributed by atoms with Gasteiger partial charge in [0, 0.05) is 0 Å². The van der Waals surface area contributed by atoms with Crippen LogP contribution in [0, 0.1) is 16.2 Å². The van der Waals surface area contributed by atoms with E-state index in [1.54, 1.807) is 0 Å². The topological polar surface area (TPSA) is 0 Å². The van der Waals surface area contributed by atoms with Crippen molar-refractivity contribution in [1.29, 1.82) is 0 Å². The Hall–Kier alpha value is -1.05. The Morgan fingerprint density at radius 3 is 1.19 bits per heavy atom. The first kappa shape index (κ1) is 22.2. The third kappa shape index (κ3) is 3.32. The summed E-state index contributed by atoms with van der Waals surface area (Å²) in [6.45, 7) is 21.5. The maximum atomic E-state index is 7.86. The maximum absolute atomic E-state index is 7.86. The monoisotopic (exact) mass is 400 g/mol. The fraction of sp³-hybridized carbons (Fsp3) is 0.520. The van der Waals surface area contributed by atoms with Gasteiger partial charge in [-0.2, -0.15) is 11.1 Å². The van der Waals surface area contributed by atoms with Gasteiger partial charge in [-0.15, -0.1) is 0 Å². The van der Waals surface area contributed by atoms with Gasteiger partial charge in [0.05, 0.1) is 0 Å². The van der Waals surface area contributed by atoms with Crippen molar-refractivity contribution < 1.29 is 0 Å². The summed E-state index contributed by atoms with van der Waals surface area (Å²) in [6.07, 6.45) is 0. The molecular weight excluding hydrogens is 364 g/mol. The number of benzene rings is 2. The molecule has 0 aliphatic rings. The molecular formula is C25H37ClSi. The van der Waals surface area contributed by atoms with Crippen LogP contribution in [0.1, 0.15) is 62.3 Å². The lowest BCUT2D eigenvalue weighted by Crippen LogP contribution is -2.67. The second-order valence-electron chi connectivity index (χ2n) is 10.5. The van der Waals surface area contributed by atoms with Crippen LogP contribution in [0.5, 0.6) is 0 Å². The lowest BCUT2D eigenvalue weighted by molar-refractivity contribution is -0.0339. The summed E-state index contributed by atoms with van der Waals surface area (Å²) in [7, 11) is -2.58. The Bertz CT molecular complexity index is 712. The average Bonchev–Trinajstić information content (AvgIpc) is 2.61. The summed E-state index contributed by atoms with van der Waals surface area (Å²) >= 11 is 7.86. The molecule has 2 aromatic carbocycles. The molecule has 0 nitrogen and oxygen atoms in total. The van der Waals surface area contributed by atoms with Gasteiger partial charge in [0.2, 0.25) is 7.38 Å². The summed E-state index contributed by atoms with van der Waals surface area (Å²) in [5.41, 5.74) is 0.242. The molecule has 2 aromatic rings. The third-order valence-corrected chi connectivity index (χ3v) is 15.5. The van der Waals surface area contributed by atoms with Crippen molar-refractivity contribution in [3.63, 3.8) is 0 Å². The Kier molecular flexibility index (Phi) is 5.83. The summed E-state index contributed by atoms with van der Waals surface area (Å²) in [6, 6.07) is 21.6. The predicted octanol–water partition coefficient (Wildman–Crippen LogP) is 6.86. The van der Waals surface area contributed by atoms with Gasteiger partial charge in [0.25, 0.3) is 0 Å². The lowest BCUT2D eigenvalue weighted by Gasteiger charge is -2.61. The number of rotatable bonds is 5. The molecule has 2 heteroatoms. The lowest BCUT2D eigenvalue weighted by atomic mass is 9.52. The summed E-state index contributed by atoms with van der Waals surface area (Å²) < 4.78 is 0. The van der Waals surface area contributed by atoms with Gasteiger partial charge in [-0.25, -0.2) is 0 Å². The molecule has 0 aliphatic heterocycles. The molecule has 0 saturated carbocycles. The van der Waals surface area contributed by atoms with Gasteiger partial charge in [-0.3, -0.25) is 0 Å². The zero-order chi connectivity index (χ0) is 20.7. The van der Waals surface area contributed by atoms with Crippen LogP contribution in [0.4, 0.5) is 0 Å². The number of hydrogen-bond donors (Lipinski definition) is 0. The second-order valence-corrected chi connectivity index (χ2v) is 15.9. The molecule has 0 bridgehead atoms. The predicted molar refractivity (Wildman–Crippen MR) is 125 cm³/mol. The average molecular weight is 401 g/mol. The van der Waals surface area contributed by atoms with Crippen LogP contribution < -0.4 is 10.4 Å². The minimum atomic E-state index is -2.58. The van der Waals surface area contributed by atoms with E-state index in [1.807, 2.05) is 0 Å². The van der Waals surface area contributed by atoms with E-state index in [1.165, 1.54) is 10.4 Å². The van der Waals surface area contributed by atoms with Gasteiger partial charge >= 0.3 is 0 Å². The minimum Gasteiger partial charge on any atom is -0.154 e. The van der Waals surface area contributed by atoms with Gasteiger partial charge < -0.3 is 0 Å². The highest BCUT2D eigenvalue weighted by Crippen LogP contribution is 2.65. The van der Waals surface area contributed by atoms with Crippen molar-refractivity contribution in [3.8, 4) is 0 Å². The van der Waals surface area contributed by atoms with E-state index in [0.717, 1.165) is 0 Å². The van der Waals surface area contributed by atoms with Gasteiger partial charge in [-0.1, -0.05) is 123 Å². The zero-order valence-corrected chi connectivity index (χ0v) is 20.4. The Morgan fingerprint density at radius 2 is 0.889 bits per heavy atom. The molecule has 2 rings (SSSR count). The van der Waals surface area contributed by atoms with Crippen molar-refractivity contribution in [3.05, 3.63) is 60.7 Å². The first-order chi connectivity index (χ1) is 12.2. The Labute approximate surface area is 173 Å². The van der Waals surface area contributed by atoms with E-state index < -0.39 is 7.38 Å². The smallest absolute Gasteiger partial charge is 0.154 e. The second kappa shape index (κ2) is 7.08. The molecule has 27 heavy (non-hydrogen) atoms. The highest BCUT2D eigenvalue weighted by Gasteiger charge is 2.62. The highest BCUT2D eigenvalue weighted by atomic mass is 35.6. The summed E-state index contributed by atoms with van der Waals surface area (Å²) in [5.74, 6) is 0. The van der Waals surface area contributed by atoms with Crippen molar-refractivity contribution in [1.82, 2.24) is 0 Å². The van der Waals surface area contributed by atoms with Crippen molar-refractivity contribution >= 4 is 28.8 Å². The first-order valence-corrected chi connectivity index (χ1v) is 13.0. The van der Waals surface area contributed by atoms with Gasteiger partial charge in [0.15, 0.2) is 0 Å². The third-order valence-electron chi connectivity index (χ3n) is 8.20. The molecule has 0 saturated heterocycles. The van der Waals surface area contributed by atoms with E-state index in [4.69, 9.17) is 11.1 Å². The van der Waals surface area contributed by atoms with Crippen LogP contribution in [0.2, 0.25) is 5.04 Å². The largest absolute Gasteiger partial charge is 0.223 e. The molecule has 0 spiro atoms. The van der Waals surface area contributed by atoms with Crippen LogP contribution in [0.25, 0.3) is 0 Å². The van der Waals surface area contributed by atoms with Gasteiger partial charge in [-0.05, 0) is 31.7 Å².